The number of nitrogens with one attached hydrogen (secondary N) is 2. The molecule has 31 heavy (non-hydrogen) atoms. The maximum atomic E-state index is 12.5. The van der Waals surface area contributed by atoms with Crippen LogP contribution in [0.2, 0.25) is 0 Å². The molecule has 1 atom stereocenters. The smallest absolute Gasteiger partial charge is 0.355 e. The van der Waals surface area contributed by atoms with Gasteiger partial charge in [-0.15, -0.1) is 5.06 Å². The quantitative estimate of drug-likeness (QED) is 0.405. The molecule has 1 fully saturated rings. The average molecular weight is 441 g/mol. The number of rotatable bonds is 8. The Bertz CT molecular complexity index is 733. The molecule has 1 aliphatic rings. The van der Waals surface area contributed by atoms with E-state index in [4.69, 9.17) is 9.57 Å². The molecule has 4 amide bonds. The van der Waals surface area contributed by atoms with Gasteiger partial charge >= 0.3 is 11.9 Å². The van der Waals surface area contributed by atoms with Crippen LogP contribution in [-0.4, -0.2) is 58.8 Å². The molecule has 0 aliphatic carbocycles. The first-order valence-electron chi connectivity index (χ1n) is 9.97. The van der Waals surface area contributed by atoms with E-state index in [9.17, 15) is 28.8 Å². The topological polar surface area (TPSA) is 148 Å². The minimum absolute atomic E-state index is 0.0131. The second kappa shape index (κ2) is 10.4. The van der Waals surface area contributed by atoms with Crippen molar-refractivity contribution in [3.05, 3.63) is 0 Å². The van der Waals surface area contributed by atoms with Gasteiger partial charge in [-0.3, -0.25) is 24.0 Å². The summed E-state index contributed by atoms with van der Waals surface area (Å²) in [5.41, 5.74) is -1.46. The van der Waals surface area contributed by atoms with Gasteiger partial charge in [-0.1, -0.05) is 20.8 Å². The summed E-state index contributed by atoms with van der Waals surface area (Å²) in [6, 6.07) is -1.48. The van der Waals surface area contributed by atoms with E-state index >= 15 is 0 Å². The Morgan fingerprint density at radius 1 is 1.00 bits per heavy atom. The van der Waals surface area contributed by atoms with E-state index in [-0.39, 0.29) is 31.7 Å². The maximum Gasteiger partial charge on any atom is 0.355 e. The summed E-state index contributed by atoms with van der Waals surface area (Å²) in [5.74, 6) is -4.21. The van der Waals surface area contributed by atoms with Gasteiger partial charge in [0.25, 0.3) is 11.8 Å². The molecule has 0 spiro atoms. The molecule has 0 radical (unpaired) electrons. The van der Waals surface area contributed by atoms with Crippen molar-refractivity contribution in [3.8, 4) is 0 Å². The second-order valence-corrected chi connectivity index (χ2v) is 9.16. The normalized spacial score (nSPS) is 15.4. The molecule has 0 aromatic carbocycles. The zero-order chi connectivity index (χ0) is 24.0. The van der Waals surface area contributed by atoms with Gasteiger partial charge in [0.2, 0.25) is 11.8 Å². The van der Waals surface area contributed by atoms with Crippen LogP contribution in [0.4, 0.5) is 0 Å². The van der Waals surface area contributed by atoms with Gasteiger partial charge in [0.15, 0.2) is 0 Å². The van der Waals surface area contributed by atoms with Crippen LogP contribution >= 0.6 is 0 Å². The molecule has 0 saturated carbocycles. The van der Waals surface area contributed by atoms with E-state index < -0.39 is 53.1 Å². The molecule has 1 saturated heterocycles. The summed E-state index contributed by atoms with van der Waals surface area (Å²) < 4.78 is 5.16. The van der Waals surface area contributed by atoms with Crippen LogP contribution in [-0.2, 0) is 38.3 Å². The molecular formula is C20H31N3O8. The van der Waals surface area contributed by atoms with Gasteiger partial charge in [0.1, 0.15) is 11.6 Å². The van der Waals surface area contributed by atoms with Gasteiger partial charge in [-0.25, -0.2) is 4.79 Å². The van der Waals surface area contributed by atoms with Crippen molar-refractivity contribution in [1.82, 2.24) is 15.7 Å². The molecule has 0 bridgehead atoms. The molecule has 11 nitrogen and oxygen atoms in total. The molecule has 1 aliphatic heterocycles. The molecule has 174 valence electrons. The van der Waals surface area contributed by atoms with E-state index in [1.165, 1.54) is 0 Å². The number of hydroxylamine groups is 2. The number of carbonyl (C=O) groups excluding carboxylic acids is 6. The lowest BCUT2D eigenvalue weighted by Gasteiger charge is -2.23. The Labute approximate surface area is 181 Å². The summed E-state index contributed by atoms with van der Waals surface area (Å²) in [6.07, 6.45) is -0.917. The highest BCUT2D eigenvalue weighted by Crippen LogP contribution is 2.15. The third kappa shape index (κ3) is 9.14. The van der Waals surface area contributed by atoms with E-state index in [0.29, 0.717) is 5.06 Å². The predicted molar refractivity (Wildman–Crippen MR) is 107 cm³/mol. The highest BCUT2D eigenvalue weighted by molar-refractivity contribution is 6.02. The SMILES string of the molecule is CC(C)(C)OC(=O)CC(NC(=O)CCNC(=O)C(C)(C)C)C(=O)ON1C(=O)CCC1=O. The fourth-order valence-corrected chi connectivity index (χ4v) is 2.38. The molecule has 1 unspecified atom stereocenters. The lowest BCUT2D eigenvalue weighted by molar-refractivity contribution is -0.199. The lowest BCUT2D eigenvalue weighted by Crippen LogP contribution is -2.47. The van der Waals surface area contributed by atoms with Gasteiger partial charge in [0.05, 0.1) is 6.42 Å². The van der Waals surface area contributed by atoms with E-state index in [1.807, 2.05) is 0 Å². The van der Waals surface area contributed by atoms with Crippen molar-refractivity contribution in [3.63, 3.8) is 0 Å². The summed E-state index contributed by atoms with van der Waals surface area (Å²) in [4.78, 5) is 76.9. The highest BCUT2D eigenvalue weighted by Gasteiger charge is 2.36. The predicted octanol–water partition coefficient (Wildman–Crippen LogP) is 0.363. The Morgan fingerprint density at radius 2 is 1.55 bits per heavy atom. The van der Waals surface area contributed by atoms with Crippen molar-refractivity contribution in [2.24, 2.45) is 5.41 Å². The van der Waals surface area contributed by atoms with Crippen molar-refractivity contribution < 1.29 is 38.3 Å². The van der Waals surface area contributed by atoms with Gasteiger partial charge in [0, 0.05) is 31.2 Å². The molecular weight excluding hydrogens is 410 g/mol. The van der Waals surface area contributed by atoms with Gasteiger partial charge in [-0.2, -0.15) is 0 Å². The van der Waals surface area contributed by atoms with Crippen molar-refractivity contribution >= 4 is 35.6 Å². The van der Waals surface area contributed by atoms with Gasteiger partial charge in [-0.05, 0) is 20.8 Å². The number of amides is 4. The summed E-state index contributed by atoms with van der Waals surface area (Å²) in [5, 5.41) is 5.26. The first-order chi connectivity index (χ1) is 14.1. The van der Waals surface area contributed by atoms with E-state index in [1.54, 1.807) is 41.5 Å². The minimum Gasteiger partial charge on any atom is -0.460 e. The van der Waals surface area contributed by atoms with Gasteiger partial charge < -0.3 is 20.2 Å². The van der Waals surface area contributed by atoms with Crippen LogP contribution in [0.3, 0.4) is 0 Å². The minimum atomic E-state index is -1.48. The van der Waals surface area contributed by atoms with Crippen LogP contribution in [0.25, 0.3) is 0 Å². The third-order valence-corrected chi connectivity index (χ3v) is 3.92. The lowest BCUT2D eigenvalue weighted by atomic mass is 9.96. The Morgan fingerprint density at radius 3 is 2.03 bits per heavy atom. The number of nitrogens with zero attached hydrogens (tertiary/aromatic N) is 1. The van der Waals surface area contributed by atoms with Crippen LogP contribution < -0.4 is 10.6 Å². The molecule has 2 N–H and O–H groups in total. The summed E-state index contributed by atoms with van der Waals surface area (Å²) in [7, 11) is 0. The van der Waals surface area contributed by atoms with Crippen molar-refractivity contribution in [2.45, 2.75) is 78.9 Å². The Hall–Kier alpha value is -2.98. The molecule has 1 heterocycles. The molecule has 0 aromatic rings. The van der Waals surface area contributed by atoms with Crippen molar-refractivity contribution in [2.75, 3.05) is 6.54 Å². The second-order valence-electron chi connectivity index (χ2n) is 9.16. The zero-order valence-corrected chi connectivity index (χ0v) is 18.8. The van der Waals surface area contributed by atoms with Crippen LogP contribution in [0.15, 0.2) is 0 Å². The number of carbonyl (C=O) groups is 6. The molecule has 11 heteroatoms. The number of ether oxygens (including phenoxy) is 1. The number of hydrogen-bond donors (Lipinski definition) is 2. The zero-order valence-electron chi connectivity index (χ0n) is 18.8. The molecule has 1 rings (SSSR count). The van der Waals surface area contributed by atoms with Crippen LogP contribution in [0.5, 0.6) is 0 Å². The fraction of sp³-hybridized carbons (Fsp3) is 0.700. The third-order valence-electron chi connectivity index (χ3n) is 3.92. The Kier molecular flexibility index (Phi) is 8.71. The average Bonchev–Trinajstić information content (AvgIpc) is 2.90. The van der Waals surface area contributed by atoms with E-state index in [2.05, 4.69) is 10.6 Å². The summed E-state index contributed by atoms with van der Waals surface area (Å²) >= 11 is 0. The standard InChI is InChI=1S/C20H31N3O8/c1-19(2,3)18(29)21-10-9-13(24)22-12(11-16(27)30-20(4,5)6)17(28)31-23-14(25)7-8-15(23)26/h12H,7-11H2,1-6H3,(H,21,29)(H,22,24). The first-order valence-corrected chi connectivity index (χ1v) is 9.97. The largest absolute Gasteiger partial charge is 0.460 e. The number of esters is 1. The van der Waals surface area contributed by atoms with Crippen molar-refractivity contribution in [1.29, 1.82) is 0 Å². The molecule has 0 aromatic heterocycles. The maximum absolute atomic E-state index is 12.5. The summed E-state index contributed by atoms with van der Waals surface area (Å²) in [6.45, 7) is 10.1. The number of hydrogen-bond acceptors (Lipinski definition) is 8. The Balaban J connectivity index is 2.77. The fourth-order valence-electron chi connectivity index (χ4n) is 2.38. The monoisotopic (exact) mass is 441 g/mol. The first kappa shape index (κ1) is 26.1. The van der Waals surface area contributed by atoms with Crippen LogP contribution in [0.1, 0.15) is 67.2 Å². The van der Waals surface area contributed by atoms with Crippen LogP contribution in [0, 0.1) is 5.41 Å². The highest BCUT2D eigenvalue weighted by atomic mass is 16.7. The number of imide groups is 1. The van der Waals surface area contributed by atoms with E-state index in [0.717, 1.165) is 0 Å².